The van der Waals surface area contributed by atoms with Crippen molar-refractivity contribution in [1.82, 2.24) is 9.97 Å². The van der Waals surface area contributed by atoms with E-state index in [1.165, 1.54) is 11.0 Å². The third-order valence-corrected chi connectivity index (χ3v) is 4.34. The first-order valence-electron chi connectivity index (χ1n) is 7.95. The fraction of sp³-hybridized carbons (Fsp3) is 0.263. The molecule has 0 spiro atoms. The molecule has 0 radical (unpaired) electrons. The number of benzene rings is 1. The van der Waals surface area contributed by atoms with Crippen LogP contribution < -0.4 is 4.90 Å². The van der Waals surface area contributed by atoms with Crippen LogP contribution in [-0.4, -0.2) is 26.7 Å². The van der Waals surface area contributed by atoms with Crippen LogP contribution in [0.4, 0.5) is 5.69 Å². The topological polar surface area (TPSA) is 90.2 Å². The highest BCUT2D eigenvalue weighted by Crippen LogP contribution is 2.44. The number of aliphatic hydroxyl groups is 1. The summed E-state index contributed by atoms with van der Waals surface area (Å²) in [5, 5.41) is 17.9. The first-order valence-corrected chi connectivity index (χ1v) is 7.95. The average Bonchev–Trinajstić information content (AvgIpc) is 2.74. The third kappa shape index (κ3) is 2.80. The number of nitrogens with zero attached hydrogens (tertiary/aromatic N) is 3. The second-order valence-corrected chi connectivity index (χ2v) is 6.70. The van der Waals surface area contributed by atoms with E-state index in [1.54, 1.807) is 19.3 Å². The summed E-state index contributed by atoms with van der Waals surface area (Å²) < 4.78 is 0. The minimum absolute atomic E-state index is 0.166. The van der Waals surface area contributed by atoms with Crippen LogP contribution in [-0.2, 0) is 10.2 Å². The van der Waals surface area contributed by atoms with Gasteiger partial charge in [-0.05, 0) is 44.9 Å². The lowest BCUT2D eigenvalue weighted by molar-refractivity contribution is -0.122. The number of carbonyl (C=O) groups excluding carboxylic acids is 1. The van der Waals surface area contributed by atoms with Gasteiger partial charge < -0.3 is 10.5 Å². The quantitative estimate of drug-likeness (QED) is 0.663. The average molecular weight is 336 g/mol. The van der Waals surface area contributed by atoms with Gasteiger partial charge in [-0.15, -0.1) is 0 Å². The number of aliphatic hydroxyl groups excluding tert-OH is 1. The lowest BCUT2D eigenvalue weighted by atomic mass is 9.85. The monoisotopic (exact) mass is 336 g/mol. The SMILES string of the molecule is CC(=N)/C=C(\O)N1C(=O)C(C)(C)c2ccc(-c3cnc(C)nc3)cc21. The summed E-state index contributed by atoms with van der Waals surface area (Å²) in [5.74, 6) is 0.210. The Bertz CT molecular complexity index is 898. The molecule has 0 unspecified atom stereocenters. The summed E-state index contributed by atoms with van der Waals surface area (Å²) >= 11 is 0. The van der Waals surface area contributed by atoms with Gasteiger partial charge in [-0.1, -0.05) is 12.1 Å². The van der Waals surface area contributed by atoms with Crippen molar-refractivity contribution in [3.05, 3.63) is 53.9 Å². The molecular formula is C19H20N4O2. The Balaban J connectivity index is 2.16. The fourth-order valence-corrected chi connectivity index (χ4v) is 2.96. The van der Waals surface area contributed by atoms with Gasteiger partial charge in [0, 0.05) is 29.7 Å². The Morgan fingerprint density at radius 1 is 1.24 bits per heavy atom. The first kappa shape index (κ1) is 16.8. The Morgan fingerprint density at radius 3 is 2.48 bits per heavy atom. The molecule has 0 aliphatic carbocycles. The van der Waals surface area contributed by atoms with Crippen LogP contribution in [0.2, 0.25) is 0 Å². The van der Waals surface area contributed by atoms with Gasteiger partial charge in [0.25, 0.3) is 0 Å². The maximum atomic E-state index is 12.8. The number of hydrogen-bond donors (Lipinski definition) is 2. The molecule has 1 aliphatic heterocycles. The molecule has 1 aromatic heterocycles. The van der Waals surface area contributed by atoms with Crippen LogP contribution in [0.3, 0.4) is 0 Å². The van der Waals surface area contributed by atoms with Crippen LogP contribution in [0.25, 0.3) is 11.1 Å². The molecule has 1 amide bonds. The number of anilines is 1. The van der Waals surface area contributed by atoms with Gasteiger partial charge in [0.2, 0.25) is 5.91 Å². The minimum Gasteiger partial charge on any atom is -0.494 e. The molecule has 25 heavy (non-hydrogen) atoms. The van der Waals surface area contributed by atoms with Crippen molar-refractivity contribution < 1.29 is 9.90 Å². The van der Waals surface area contributed by atoms with Gasteiger partial charge in [-0.3, -0.25) is 4.79 Å². The van der Waals surface area contributed by atoms with Crippen molar-refractivity contribution in [3.8, 4) is 11.1 Å². The largest absolute Gasteiger partial charge is 0.494 e. The molecule has 2 aromatic rings. The second kappa shape index (κ2) is 5.81. The highest BCUT2D eigenvalue weighted by Gasteiger charge is 2.45. The van der Waals surface area contributed by atoms with Crippen LogP contribution in [0.1, 0.15) is 32.2 Å². The van der Waals surface area contributed by atoms with Crippen LogP contribution in [0.5, 0.6) is 0 Å². The lowest BCUT2D eigenvalue weighted by Crippen LogP contribution is -2.35. The first-order chi connectivity index (χ1) is 11.7. The molecule has 128 valence electrons. The molecule has 0 bridgehead atoms. The molecule has 2 heterocycles. The van der Waals surface area contributed by atoms with E-state index in [0.717, 1.165) is 16.7 Å². The number of aromatic nitrogens is 2. The number of fused-ring (bicyclic) bond motifs is 1. The fourth-order valence-electron chi connectivity index (χ4n) is 2.96. The molecule has 0 fully saturated rings. The van der Waals surface area contributed by atoms with Crippen LogP contribution >= 0.6 is 0 Å². The smallest absolute Gasteiger partial charge is 0.244 e. The Hall–Kier alpha value is -3.02. The normalized spacial score (nSPS) is 16.1. The maximum Gasteiger partial charge on any atom is 0.244 e. The number of hydrogen-bond acceptors (Lipinski definition) is 5. The molecular weight excluding hydrogens is 316 g/mol. The van der Waals surface area contributed by atoms with Crippen molar-refractivity contribution in [1.29, 1.82) is 5.41 Å². The van der Waals surface area contributed by atoms with Crippen molar-refractivity contribution >= 4 is 17.3 Å². The third-order valence-electron chi connectivity index (χ3n) is 4.34. The molecule has 0 saturated heterocycles. The molecule has 6 heteroatoms. The molecule has 2 N–H and O–H groups in total. The number of carbonyl (C=O) groups is 1. The zero-order valence-corrected chi connectivity index (χ0v) is 14.7. The highest BCUT2D eigenvalue weighted by atomic mass is 16.3. The zero-order valence-electron chi connectivity index (χ0n) is 14.7. The predicted octanol–water partition coefficient (Wildman–Crippen LogP) is 3.52. The van der Waals surface area contributed by atoms with E-state index in [0.29, 0.717) is 11.5 Å². The van der Waals surface area contributed by atoms with Crippen molar-refractivity contribution in [2.24, 2.45) is 0 Å². The number of rotatable bonds is 3. The van der Waals surface area contributed by atoms with E-state index in [9.17, 15) is 9.90 Å². The van der Waals surface area contributed by atoms with E-state index in [4.69, 9.17) is 5.41 Å². The minimum atomic E-state index is -0.755. The molecule has 6 nitrogen and oxygen atoms in total. The van der Waals surface area contributed by atoms with E-state index >= 15 is 0 Å². The molecule has 0 atom stereocenters. The maximum absolute atomic E-state index is 12.8. The van der Waals surface area contributed by atoms with Gasteiger partial charge in [0.15, 0.2) is 5.88 Å². The Kier molecular flexibility index (Phi) is 3.91. The van der Waals surface area contributed by atoms with Gasteiger partial charge in [0.05, 0.1) is 11.1 Å². The van der Waals surface area contributed by atoms with E-state index < -0.39 is 5.41 Å². The van der Waals surface area contributed by atoms with Gasteiger partial charge >= 0.3 is 0 Å². The summed E-state index contributed by atoms with van der Waals surface area (Å²) in [5.41, 5.74) is 2.54. The van der Waals surface area contributed by atoms with Crippen LogP contribution in [0, 0.1) is 12.3 Å². The molecule has 3 rings (SSSR count). The lowest BCUT2D eigenvalue weighted by Gasteiger charge is -2.19. The molecule has 1 aliphatic rings. The predicted molar refractivity (Wildman–Crippen MR) is 96.8 cm³/mol. The van der Waals surface area contributed by atoms with Crippen molar-refractivity contribution in [3.63, 3.8) is 0 Å². The Morgan fingerprint density at radius 2 is 1.88 bits per heavy atom. The number of nitrogens with one attached hydrogen (secondary N) is 1. The van der Waals surface area contributed by atoms with Crippen molar-refractivity contribution in [2.45, 2.75) is 33.1 Å². The van der Waals surface area contributed by atoms with Crippen molar-refractivity contribution in [2.75, 3.05) is 4.90 Å². The van der Waals surface area contributed by atoms with Gasteiger partial charge in [-0.25, -0.2) is 14.9 Å². The molecule has 1 aromatic carbocycles. The number of aryl methyl sites for hydroxylation is 1. The zero-order chi connectivity index (χ0) is 18.4. The van der Waals surface area contributed by atoms with Gasteiger partial charge in [-0.2, -0.15) is 0 Å². The summed E-state index contributed by atoms with van der Waals surface area (Å²) in [6, 6.07) is 5.67. The summed E-state index contributed by atoms with van der Waals surface area (Å²) in [6.07, 6.45) is 4.73. The summed E-state index contributed by atoms with van der Waals surface area (Å²) in [6.45, 7) is 7.02. The Labute approximate surface area is 146 Å². The molecule has 0 saturated carbocycles. The van der Waals surface area contributed by atoms with Crippen LogP contribution in [0.15, 0.2) is 42.6 Å². The van der Waals surface area contributed by atoms with E-state index in [-0.39, 0.29) is 17.5 Å². The number of allylic oxidation sites excluding steroid dienone is 1. The second-order valence-electron chi connectivity index (χ2n) is 6.70. The summed E-state index contributed by atoms with van der Waals surface area (Å²) in [7, 11) is 0. The van der Waals surface area contributed by atoms with E-state index in [2.05, 4.69) is 9.97 Å². The van der Waals surface area contributed by atoms with Gasteiger partial charge in [0.1, 0.15) is 5.82 Å². The summed E-state index contributed by atoms with van der Waals surface area (Å²) in [4.78, 5) is 22.5. The standard InChI is InChI=1S/C19H20N4O2/c1-11(20)7-17(24)23-16-8-13(14-9-21-12(2)22-10-14)5-6-15(16)19(3,4)18(23)25/h5-10,20,24H,1-4H3/b17-7-,20-11?. The highest BCUT2D eigenvalue weighted by molar-refractivity contribution is 6.10. The van der Waals surface area contributed by atoms with E-state index in [1.807, 2.05) is 39.0 Å². The number of amides is 1.